The first-order valence-electron chi connectivity index (χ1n) is 5.72. The van der Waals surface area contributed by atoms with Gasteiger partial charge in [-0.25, -0.2) is 4.98 Å². The Morgan fingerprint density at radius 3 is 2.32 bits per heavy atom. The third-order valence-corrected chi connectivity index (χ3v) is 3.70. The summed E-state index contributed by atoms with van der Waals surface area (Å²) in [4.78, 5) is 5.35. The van der Waals surface area contributed by atoms with Gasteiger partial charge in [0.15, 0.2) is 0 Å². The van der Waals surface area contributed by atoms with Gasteiger partial charge in [-0.2, -0.15) is 13.2 Å². The Hall–Kier alpha value is -1.56. The van der Waals surface area contributed by atoms with Crippen molar-refractivity contribution in [3.63, 3.8) is 0 Å². The molecule has 0 aliphatic carbocycles. The van der Waals surface area contributed by atoms with Gasteiger partial charge in [-0.05, 0) is 38.1 Å². The van der Waals surface area contributed by atoms with Crippen molar-refractivity contribution in [3.8, 4) is 0 Å². The largest absolute Gasteiger partial charge is 0.416 e. The molecule has 0 aliphatic heterocycles. The molecule has 0 radical (unpaired) electrons. The summed E-state index contributed by atoms with van der Waals surface area (Å²) in [5.41, 5.74) is 0.00384. The normalized spacial score (nSPS) is 13.3. The van der Waals surface area contributed by atoms with Crippen molar-refractivity contribution in [2.24, 2.45) is 0 Å². The average Bonchev–Trinajstić information content (AvgIpc) is 2.75. The number of aryl methyl sites for hydroxylation is 1. The fourth-order valence-corrected chi connectivity index (χ4v) is 2.42. The summed E-state index contributed by atoms with van der Waals surface area (Å²) in [5, 5.41) is 4.04. The molecular weight excluding hydrogens is 273 g/mol. The van der Waals surface area contributed by atoms with Gasteiger partial charge in [0.2, 0.25) is 0 Å². The number of anilines is 1. The molecule has 1 N–H and O–H groups in total. The van der Waals surface area contributed by atoms with Gasteiger partial charge in [0.25, 0.3) is 0 Å². The number of nitrogens with one attached hydrogen (secondary N) is 1. The molecule has 1 aromatic carbocycles. The highest BCUT2D eigenvalue weighted by Gasteiger charge is 2.29. The Morgan fingerprint density at radius 1 is 1.21 bits per heavy atom. The molecule has 0 spiro atoms. The molecule has 19 heavy (non-hydrogen) atoms. The fourth-order valence-electron chi connectivity index (χ4n) is 1.64. The van der Waals surface area contributed by atoms with Crippen LogP contribution in [0.25, 0.3) is 0 Å². The number of benzene rings is 1. The molecule has 1 heterocycles. The van der Waals surface area contributed by atoms with Gasteiger partial charge in [0, 0.05) is 16.8 Å². The Bertz CT molecular complexity index is 546. The quantitative estimate of drug-likeness (QED) is 0.888. The van der Waals surface area contributed by atoms with E-state index in [9.17, 15) is 13.2 Å². The van der Waals surface area contributed by atoms with Crippen molar-refractivity contribution in [2.45, 2.75) is 26.1 Å². The van der Waals surface area contributed by atoms with Crippen molar-refractivity contribution in [1.82, 2.24) is 4.98 Å². The van der Waals surface area contributed by atoms with Crippen LogP contribution in [0, 0.1) is 6.92 Å². The number of rotatable bonds is 3. The zero-order valence-corrected chi connectivity index (χ0v) is 11.3. The summed E-state index contributed by atoms with van der Waals surface area (Å²) < 4.78 is 37.3. The van der Waals surface area contributed by atoms with Crippen molar-refractivity contribution in [2.75, 3.05) is 5.32 Å². The molecule has 102 valence electrons. The van der Waals surface area contributed by atoms with E-state index in [-0.39, 0.29) is 6.04 Å². The molecule has 1 aromatic heterocycles. The Labute approximate surface area is 113 Å². The predicted molar refractivity (Wildman–Crippen MR) is 70.3 cm³/mol. The molecule has 0 saturated carbocycles. The maximum absolute atomic E-state index is 12.4. The summed E-state index contributed by atoms with van der Waals surface area (Å²) in [5.74, 6) is 0. The highest BCUT2D eigenvalue weighted by molar-refractivity contribution is 7.11. The zero-order chi connectivity index (χ0) is 14.0. The first-order chi connectivity index (χ1) is 8.86. The second kappa shape index (κ2) is 5.21. The number of hydrogen-bond donors (Lipinski definition) is 1. The molecule has 0 bridgehead atoms. The first-order valence-corrected chi connectivity index (χ1v) is 6.54. The van der Waals surface area contributed by atoms with Gasteiger partial charge in [-0.1, -0.05) is 0 Å². The smallest absolute Gasteiger partial charge is 0.376 e. The summed E-state index contributed by atoms with van der Waals surface area (Å²) in [6.07, 6.45) is -2.51. The summed E-state index contributed by atoms with van der Waals surface area (Å²) in [6.45, 7) is 3.89. The van der Waals surface area contributed by atoms with E-state index in [0.717, 1.165) is 22.0 Å². The molecule has 1 atom stereocenters. The Morgan fingerprint density at radius 2 is 1.84 bits per heavy atom. The molecular formula is C13H13F3N2S. The summed E-state index contributed by atoms with van der Waals surface area (Å²) >= 11 is 1.57. The van der Waals surface area contributed by atoms with E-state index >= 15 is 0 Å². The average molecular weight is 286 g/mol. The van der Waals surface area contributed by atoms with Crippen LogP contribution < -0.4 is 5.32 Å². The molecule has 0 amide bonds. The van der Waals surface area contributed by atoms with Crippen LogP contribution in [0.2, 0.25) is 0 Å². The molecule has 6 heteroatoms. The standard InChI is InChI=1S/C13H13F3N2S/c1-8-7-17-12(19-8)9(2)18-11-5-3-10(4-6-11)13(14,15)16/h3-7,9,18H,1-2H3. The summed E-state index contributed by atoms with van der Waals surface area (Å²) in [6, 6.07) is 4.97. The number of aromatic nitrogens is 1. The molecule has 0 fully saturated rings. The van der Waals surface area contributed by atoms with Gasteiger partial charge in [-0.15, -0.1) is 11.3 Å². The maximum Gasteiger partial charge on any atom is 0.416 e. The third-order valence-electron chi connectivity index (χ3n) is 2.60. The zero-order valence-electron chi connectivity index (χ0n) is 10.5. The lowest BCUT2D eigenvalue weighted by Gasteiger charge is -2.13. The van der Waals surface area contributed by atoms with E-state index in [4.69, 9.17) is 0 Å². The van der Waals surface area contributed by atoms with Gasteiger partial charge >= 0.3 is 6.18 Å². The van der Waals surface area contributed by atoms with Crippen molar-refractivity contribution in [1.29, 1.82) is 0 Å². The van der Waals surface area contributed by atoms with Crippen LogP contribution in [0.3, 0.4) is 0 Å². The Kier molecular flexibility index (Phi) is 3.80. The lowest BCUT2D eigenvalue weighted by Crippen LogP contribution is -2.08. The van der Waals surface area contributed by atoms with Crippen molar-refractivity contribution in [3.05, 3.63) is 45.9 Å². The fraction of sp³-hybridized carbons (Fsp3) is 0.308. The van der Waals surface area contributed by atoms with E-state index in [2.05, 4.69) is 10.3 Å². The lowest BCUT2D eigenvalue weighted by atomic mass is 10.2. The van der Waals surface area contributed by atoms with Gasteiger partial charge < -0.3 is 5.32 Å². The van der Waals surface area contributed by atoms with Crippen LogP contribution in [0.1, 0.15) is 28.4 Å². The van der Waals surface area contributed by atoms with E-state index < -0.39 is 11.7 Å². The van der Waals surface area contributed by atoms with E-state index in [0.29, 0.717) is 5.69 Å². The third kappa shape index (κ3) is 3.47. The second-order valence-electron chi connectivity index (χ2n) is 4.25. The number of nitrogens with zero attached hydrogens (tertiary/aromatic N) is 1. The SMILES string of the molecule is Cc1cnc(C(C)Nc2ccc(C(F)(F)F)cc2)s1. The maximum atomic E-state index is 12.4. The molecule has 2 nitrogen and oxygen atoms in total. The van der Waals surface area contributed by atoms with Crippen LogP contribution in [-0.4, -0.2) is 4.98 Å². The highest BCUT2D eigenvalue weighted by atomic mass is 32.1. The number of hydrogen-bond acceptors (Lipinski definition) is 3. The summed E-state index contributed by atoms with van der Waals surface area (Å²) in [7, 11) is 0. The van der Waals surface area contributed by atoms with Crippen molar-refractivity contribution < 1.29 is 13.2 Å². The molecule has 2 rings (SSSR count). The number of alkyl halides is 3. The van der Waals surface area contributed by atoms with E-state index in [1.807, 2.05) is 13.8 Å². The molecule has 0 aliphatic rings. The molecule has 0 saturated heterocycles. The monoisotopic (exact) mass is 286 g/mol. The van der Waals surface area contributed by atoms with Crippen LogP contribution >= 0.6 is 11.3 Å². The second-order valence-corrected chi connectivity index (χ2v) is 5.52. The van der Waals surface area contributed by atoms with Crippen LogP contribution in [0.15, 0.2) is 30.5 Å². The van der Waals surface area contributed by atoms with Crippen LogP contribution in [0.4, 0.5) is 18.9 Å². The highest BCUT2D eigenvalue weighted by Crippen LogP contribution is 2.30. The number of halogens is 3. The van der Waals surface area contributed by atoms with Gasteiger partial charge in [-0.3, -0.25) is 0 Å². The minimum Gasteiger partial charge on any atom is -0.376 e. The van der Waals surface area contributed by atoms with Crippen LogP contribution in [0.5, 0.6) is 0 Å². The number of thiazole rings is 1. The van der Waals surface area contributed by atoms with E-state index in [1.165, 1.54) is 12.1 Å². The van der Waals surface area contributed by atoms with Crippen molar-refractivity contribution >= 4 is 17.0 Å². The van der Waals surface area contributed by atoms with E-state index in [1.54, 1.807) is 17.5 Å². The Balaban J connectivity index is 2.07. The predicted octanol–water partition coefficient (Wildman–Crippen LogP) is 4.64. The van der Waals surface area contributed by atoms with Gasteiger partial charge in [0.05, 0.1) is 11.6 Å². The van der Waals surface area contributed by atoms with Gasteiger partial charge in [0.1, 0.15) is 5.01 Å². The lowest BCUT2D eigenvalue weighted by molar-refractivity contribution is -0.137. The first kappa shape index (κ1) is 13.9. The topological polar surface area (TPSA) is 24.9 Å². The minimum atomic E-state index is -4.30. The molecule has 2 aromatic rings. The minimum absolute atomic E-state index is 0.0320. The molecule has 1 unspecified atom stereocenters. The van der Waals surface area contributed by atoms with Crippen LogP contribution in [-0.2, 0) is 6.18 Å².